The largest absolute Gasteiger partial charge is 0.462 e. The minimum atomic E-state index is -0.590. The molecule has 0 amide bonds. The van der Waals surface area contributed by atoms with Crippen LogP contribution in [0.5, 0.6) is 0 Å². The average Bonchev–Trinajstić information content (AvgIpc) is 2.59. The molecule has 0 saturated carbocycles. The molecule has 0 unspecified atom stereocenters. The van der Waals surface area contributed by atoms with Crippen LogP contribution in [0.25, 0.3) is 10.9 Å². The summed E-state index contributed by atoms with van der Waals surface area (Å²) >= 11 is 0. The number of ether oxygens (including phenoxy) is 1. The van der Waals surface area contributed by atoms with Crippen molar-refractivity contribution in [3.63, 3.8) is 0 Å². The van der Waals surface area contributed by atoms with E-state index in [1.54, 1.807) is 37.3 Å². The van der Waals surface area contributed by atoms with E-state index in [2.05, 4.69) is 10.3 Å². The lowest BCUT2D eigenvalue weighted by Gasteiger charge is -2.11. The van der Waals surface area contributed by atoms with E-state index in [4.69, 9.17) is 4.74 Å². The van der Waals surface area contributed by atoms with Crippen LogP contribution in [-0.2, 0) is 4.74 Å². The van der Waals surface area contributed by atoms with E-state index in [-0.39, 0.29) is 10.9 Å². The van der Waals surface area contributed by atoms with Crippen LogP contribution in [0.4, 0.5) is 20.2 Å². The number of rotatable bonds is 4. The number of nitrogens with zero attached hydrogens (tertiary/aromatic N) is 1. The Morgan fingerprint density at radius 3 is 2.50 bits per heavy atom. The van der Waals surface area contributed by atoms with Gasteiger partial charge in [-0.3, -0.25) is 4.98 Å². The average molecular weight is 328 g/mol. The summed E-state index contributed by atoms with van der Waals surface area (Å²) in [5.41, 5.74) is 1.39. The summed E-state index contributed by atoms with van der Waals surface area (Å²) < 4.78 is 32.8. The molecule has 0 bridgehead atoms. The molecule has 24 heavy (non-hydrogen) atoms. The van der Waals surface area contributed by atoms with Gasteiger partial charge in [0.1, 0.15) is 17.2 Å². The Kier molecular flexibility index (Phi) is 4.37. The summed E-state index contributed by atoms with van der Waals surface area (Å²) in [6.07, 6.45) is 1.40. The van der Waals surface area contributed by atoms with Gasteiger partial charge in [0.25, 0.3) is 0 Å². The van der Waals surface area contributed by atoms with Crippen LogP contribution in [0.15, 0.2) is 48.7 Å². The first-order valence-electron chi connectivity index (χ1n) is 7.37. The molecule has 0 radical (unpaired) electrons. The van der Waals surface area contributed by atoms with Crippen molar-refractivity contribution in [3.8, 4) is 0 Å². The summed E-state index contributed by atoms with van der Waals surface area (Å²) in [5, 5.41) is 3.09. The van der Waals surface area contributed by atoms with Crippen LogP contribution < -0.4 is 5.32 Å². The first-order valence-corrected chi connectivity index (χ1v) is 7.37. The zero-order valence-electron chi connectivity index (χ0n) is 12.8. The van der Waals surface area contributed by atoms with Crippen molar-refractivity contribution >= 4 is 28.2 Å². The van der Waals surface area contributed by atoms with Crippen molar-refractivity contribution in [2.75, 3.05) is 11.9 Å². The molecule has 0 fully saturated rings. The Labute approximate surface area is 137 Å². The van der Waals surface area contributed by atoms with Crippen molar-refractivity contribution in [1.29, 1.82) is 0 Å². The summed E-state index contributed by atoms with van der Waals surface area (Å²) in [6, 6.07) is 10.2. The SMILES string of the molecule is CCOC(=O)c1ccc(Nc2ccnc3c(F)ccc(F)c23)cc1. The van der Waals surface area contributed by atoms with Crippen molar-refractivity contribution < 1.29 is 18.3 Å². The van der Waals surface area contributed by atoms with Gasteiger partial charge in [-0.15, -0.1) is 0 Å². The third-order valence-corrected chi connectivity index (χ3v) is 3.47. The zero-order valence-corrected chi connectivity index (χ0v) is 12.8. The van der Waals surface area contributed by atoms with E-state index >= 15 is 0 Å². The van der Waals surface area contributed by atoms with Gasteiger partial charge in [0.05, 0.1) is 23.2 Å². The first kappa shape index (κ1) is 15.9. The number of hydrogen-bond acceptors (Lipinski definition) is 4. The second-order valence-electron chi connectivity index (χ2n) is 5.03. The van der Waals surface area contributed by atoms with Gasteiger partial charge in [-0.2, -0.15) is 0 Å². The maximum atomic E-state index is 14.1. The number of hydrogen-bond donors (Lipinski definition) is 1. The number of halogens is 2. The summed E-state index contributed by atoms with van der Waals surface area (Å²) in [6.45, 7) is 2.03. The van der Waals surface area contributed by atoms with E-state index in [0.29, 0.717) is 23.5 Å². The first-order chi connectivity index (χ1) is 11.6. The molecule has 0 saturated heterocycles. The molecule has 2 aromatic carbocycles. The summed E-state index contributed by atoms with van der Waals surface area (Å²) in [4.78, 5) is 15.5. The van der Waals surface area contributed by atoms with E-state index in [1.165, 1.54) is 6.20 Å². The fourth-order valence-corrected chi connectivity index (χ4v) is 2.36. The van der Waals surface area contributed by atoms with Crippen molar-refractivity contribution in [3.05, 3.63) is 65.9 Å². The van der Waals surface area contributed by atoms with E-state index in [0.717, 1.165) is 12.1 Å². The predicted octanol–water partition coefficient (Wildman–Crippen LogP) is 4.43. The lowest BCUT2D eigenvalue weighted by molar-refractivity contribution is 0.0526. The molecular formula is C18H14F2N2O2. The lowest BCUT2D eigenvalue weighted by atomic mass is 10.1. The Hall–Kier alpha value is -3.02. The number of benzene rings is 2. The fourth-order valence-electron chi connectivity index (χ4n) is 2.36. The molecule has 6 heteroatoms. The van der Waals surface area contributed by atoms with E-state index in [1.807, 2.05) is 0 Å². The standard InChI is InChI=1S/C18H14F2N2O2/c1-2-24-18(23)11-3-5-12(6-4-11)22-15-9-10-21-17-14(20)8-7-13(19)16(15)17/h3-10H,2H2,1H3,(H,21,22). The normalized spacial score (nSPS) is 10.6. The molecular weight excluding hydrogens is 314 g/mol. The number of aromatic nitrogens is 1. The quantitative estimate of drug-likeness (QED) is 0.720. The highest BCUT2D eigenvalue weighted by atomic mass is 19.1. The smallest absolute Gasteiger partial charge is 0.338 e. The number of carbonyl (C=O) groups is 1. The minimum absolute atomic E-state index is 0.0388. The molecule has 122 valence electrons. The van der Waals surface area contributed by atoms with Crippen molar-refractivity contribution in [2.45, 2.75) is 6.92 Å². The van der Waals surface area contributed by atoms with Gasteiger partial charge in [-0.05, 0) is 49.4 Å². The topological polar surface area (TPSA) is 51.2 Å². The Bertz CT molecular complexity index is 895. The third kappa shape index (κ3) is 3.03. The Morgan fingerprint density at radius 1 is 1.08 bits per heavy atom. The molecule has 3 rings (SSSR count). The summed E-state index contributed by atoms with van der Waals surface area (Å²) in [5.74, 6) is -1.57. The van der Waals surface area contributed by atoms with Gasteiger partial charge in [0.15, 0.2) is 0 Å². The fraction of sp³-hybridized carbons (Fsp3) is 0.111. The van der Waals surface area contributed by atoms with Crippen LogP contribution in [-0.4, -0.2) is 17.6 Å². The van der Waals surface area contributed by atoms with Gasteiger partial charge in [-0.25, -0.2) is 13.6 Å². The number of esters is 1. The van der Waals surface area contributed by atoms with Gasteiger partial charge in [-0.1, -0.05) is 0 Å². The molecule has 0 spiro atoms. The number of pyridine rings is 1. The Balaban J connectivity index is 1.93. The Morgan fingerprint density at radius 2 is 1.79 bits per heavy atom. The maximum absolute atomic E-state index is 14.1. The van der Waals surface area contributed by atoms with Gasteiger partial charge >= 0.3 is 5.97 Å². The molecule has 4 nitrogen and oxygen atoms in total. The third-order valence-electron chi connectivity index (χ3n) is 3.47. The monoisotopic (exact) mass is 328 g/mol. The lowest BCUT2D eigenvalue weighted by Crippen LogP contribution is -2.04. The van der Waals surface area contributed by atoms with Gasteiger partial charge < -0.3 is 10.1 Å². The highest BCUT2D eigenvalue weighted by Crippen LogP contribution is 2.29. The maximum Gasteiger partial charge on any atom is 0.338 e. The number of carbonyl (C=O) groups excluding carboxylic acids is 1. The van der Waals surface area contributed by atoms with Crippen LogP contribution in [0.3, 0.4) is 0 Å². The summed E-state index contributed by atoms with van der Waals surface area (Å²) in [7, 11) is 0. The number of anilines is 2. The second-order valence-corrected chi connectivity index (χ2v) is 5.03. The van der Waals surface area contributed by atoms with E-state index < -0.39 is 17.6 Å². The van der Waals surface area contributed by atoms with Crippen LogP contribution >= 0.6 is 0 Å². The van der Waals surface area contributed by atoms with Crippen LogP contribution in [0, 0.1) is 11.6 Å². The molecule has 1 aromatic heterocycles. The molecule has 0 atom stereocenters. The van der Waals surface area contributed by atoms with E-state index in [9.17, 15) is 13.6 Å². The minimum Gasteiger partial charge on any atom is -0.462 e. The molecule has 1 heterocycles. The molecule has 0 aliphatic rings. The molecule has 3 aromatic rings. The van der Waals surface area contributed by atoms with Crippen molar-refractivity contribution in [2.24, 2.45) is 0 Å². The number of nitrogens with one attached hydrogen (secondary N) is 1. The van der Waals surface area contributed by atoms with Crippen molar-refractivity contribution in [1.82, 2.24) is 4.98 Å². The highest BCUT2D eigenvalue weighted by Gasteiger charge is 2.12. The predicted molar refractivity (Wildman–Crippen MR) is 87.3 cm³/mol. The number of fused-ring (bicyclic) bond motifs is 1. The highest BCUT2D eigenvalue weighted by molar-refractivity contribution is 5.94. The van der Waals surface area contributed by atoms with Crippen LogP contribution in [0.2, 0.25) is 0 Å². The molecule has 0 aliphatic carbocycles. The zero-order chi connectivity index (χ0) is 17.1. The molecule has 0 aliphatic heterocycles. The van der Waals surface area contributed by atoms with Crippen LogP contribution in [0.1, 0.15) is 17.3 Å². The molecule has 1 N–H and O–H groups in total. The van der Waals surface area contributed by atoms with Gasteiger partial charge in [0, 0.05) is 11.9 Å². The van der Waals surface area contributed by atoms with Gasteiger partial charge in [0.2, 0.25) is 0 Å². The second kappa shape index (κ2) is 6.62.